The van der Waals surface area contributed by atoms with Crippen LogP contribution in [0.1, 0.15) is 17.8 Å². The van der Waals surface area contributed by atoms with Gasteiger partial charge in [-0.1, -0.05) is 0 Å². The SMILES string of the molecule is Cc1ccc(C)n1NCC1CCSC1. The van der Waals surface area contributed by atoms with E-state index in [0.717, 1.165) is 12.5 Å². The lowest BCUT2D eigenvalue weighted by Crippen LogP contribution is -2.23. The maximum atomic E-state index is 3.51. The molecular formula is C11H18N2S. The molecule has 1 aliphatic rings. The fraction of sp³-hybridized carbons (Fsp3) is 0.636. The highest BCUT2D eigenvalue weighted by molar-refractivity contribution is 7.99. The van der Waals surface area contributed by atoms with Gasteiger partial charge < -0.3 is 5.43 Å². The molecule has 1 aliphatic heterocycles. The van der Waals surface area contributed by atoms with Crippen molar-refractivity contribution in [3.05, 3.63) is 23.5 Å². The smallest absolute Gasteiger partial charge is 0.0366 e. The summed E-state index contributed by atoms with van der Waals surface area (Å²) in [6.07, 6.45) is 1.37. The van der Waals surface area contributed by atoms with Crippen LogP contribution in [0.4, 0.5) is 0 Å². The molecule has 1 fully saturated rings. The molecule has 0 bridgehead atoms. The van der Waals surface area contributed by atoms with E-state index in [9.17, 15) is 0 Å². The van der Waals surface area contributed by atoms with Crippen molar-refractivity contribution < 1.29 is 0 Å². The van der Waals surface area contributed by atoms with Crippen LogP contribution < -0.4 is 5.43 Å². The number of nitrogens with zero attached hydrogens (tertiary/aromatic N) is 1. The van der Waals surface area contributed by atoms with Gasteiger partial charge >= 0.3 is 0 Å². The minimum atomic E-state index is 0.862. The zero-order valence-corrected chi connectivity index (χ0v) is 9.73. The van der Waals surface area contributed by atoms with Crippen LogP contribution in [0.25, 0.3) is 0 Å². The zero-order chi connectivity index (χ0) is 9.97. The summed E-state index contributed by atoms with van der Waals surface area (Å²) >= 11 is 2.08. The summed E-state index contributed by atoms with van der Waals surface area (Å²) in [4.78, 5) is 0. The lowest BCUT2D eigenvalue weighted by molar-refractivity contribution is 0.592. The van der Waals surface area contributed by atoms with Gasteiger partial charge in [-0.05, 0) is 49.8 Å². The van der Waals surface area contributed by atoms with E-state index in [1.54, 1.807) is 0 Å². The monoisotopic (exact) mass is 210 g/mol. The highest BCUT2D eigenvalue weighted by Gasteiger charge is 2.15. The van der Waals surface area contributed by atoms with Crippen LogP contribution in [0.15, 0.2) is 12.1 Å². The van der Waals surface area contributed by atoms with Gasteiger partial charge in [0, 0.05) is 17.9 Å². The number of nitrogens with one attached hydrogen (secondary N) is 1. The summed E-state index contributed by atoms with van der Waals surface area (Å²) in [6, 6.07) is 4.32. The van der Waals surface area contributed by atoms with E-state index >= 15 is 0 Å². The van der Waals surface area contributed by atoms with Crippen molar-refractivity contribution >= 4 is 11.8 Å². The molecule has 3 heteroatoms. The minimum Gasteiger partial charge on any atom is -0.326 e. The van der Waals surface area contributed by atoms with Crippen LogP contribution in [0.5, 0.6) is 0 Å². The molecule has 0 saturated carbocycles. The third-order valence-electron chi connectivity index (χ3n) is 2.83. The second kappa shape index (κ2) is 4.30. The van der Waals surface area contributed by atoms with Gasteiger partial charge in [-0.3, -0.25) is 4.68 Å². The van der Waals surface area contributed by atoms with Crippen LogP contribution in [0.2, 0.25) is 0 Å². The summed E-state index contributed by atoms with van der Waals surface area (Å²) in [5, 5.41) is 0. The Labute approximate surface area is 90.0 Å². The molecule has 0 amide bonds. The van der Waals surface area contributed by atoms with Gasteiger partial charge in [0.15, 0.2) is 0 Å². The van der Waals surface area contributed by atoms with Gasteiger partial charge in [-0.2, -0.15) is 11.8 Å². The summed E-state index contributed by atoms with van der Waals surface area (Å²) in [5.74, 6) is 3.53. The van der Waals surface area contributed by atoms with Crippen LogP contribution in [-0.4, -0.2) is 22.7 Å². The molecule has 1 unspecified atom stereocenters. The maximum Gasteiger partial charge on any atom is 0.0366 e. The predicted octanol–water partition coefficient (Wildman–Crippen LogP) is 2.40. The van der Waals surface area contributed by atoms with Crippen molar-refractivity contribution in [2.24, 2.45) is 5.92 Å². The Morgan fingerprint density at radius 2 is 2.14 bits per heavy atom. The number of aromatic nitrogens is 1. The van der Waals surface area contributed by atoms with E-state index in [1.807, 2.05) is 0 Å². The third kappa shape index (κ3) is 2.08. The number of aryl methyl sites for hydroxylation is 2. The van der Waals surface area contributed by atoms with Gasteiger partial charge in [-0.15, -0.1) is 0 Å². The summed E-state index contributed by atoms with van der Waals surface area (Å²) in [5.41, 5.74) is 6.10. The Morgan fingerprint density at radius 1 is 1.43 bits per heavy atom. The molecule has 1 N–H and O–H groups in total. The molecule has 14 heavy (non-hydrogen) atoms. The molecule has 2 nitrogen and oxygen atoms in total. The molecule has 2 rings (SSSR count). The van der Waals surface area contributed by atoms with Gasteiger partial charge in [0.1, 0.15) is 0 Å². The third-order valence-corrected chi connectivity index (χ3v) is 4.06. The standard InChI is InChI=1S/C11H18N2S/c1-9-3-4-10(2)13(9)12-7-11-5-6-14-8-11/h3-4,11-12H,5-8H2,1-2H3. The largest absolute Gasteiger partial charge is 0.326 e. The van der Waals surface area contributed by atoms with Crippen LogP contribution in [0.3, 0.4) is 0 Å². The highest BCUT2D eigenvalue weighted by atomic mass is 32.2. The molecule has 78 valence electrons. The van der Waals surface area contributed by atoms with Gasteiger partial charge in [0.05, 0.1) is 0 Å². The average Bonchev–Trinajstić information content (AvgIpc) is 2.76. The summed E-state index contributed by atoms with van der Waals surface area (Å²) in [7, 11) is 0. The first-order valence-electron chi connectivity index (χ1n) is 5.24. The fourth-order valence-electron chi connectivity index (χ4n) is 1.88. The van der Waals surface area contributed by atoms with Crippen molar-refractivity contribution in [3.8, 4) is 0 Å². The van der Waals surface area contributed by atoms with Crippen LogP contribution in [0, 0.1) is 19.8 Å². The minimum absolute atomic E-state index is 0.862. The Balaban J connectivity index is 1.90. The molecule has 0 spiro atoms. The summed E-state index contributed by atoms with van der Waals surface area (Å²) < 4.78 is 2.20. The fourth-order valence-corrected chi connectivity index (χ4v) is 3.17. The first-order chi connectivity index (χ1) is 6.77. The average molecular weight is 210 g/mol. The topological polar surface area (TPSA) is 17.0 Å². The van der Waals surface area contributed by atoms with E-state index in [-0.39, 0.29) is 0 Å². The van der Waals surface area contributed by atoms with Crippen LogP contribution >= 0.6 is 11.8 Å². The van der Waals surface area contributed by atoms with Crippen molar-refractivity contribution in [1.29, 1.82) is 0 Å². The molecule has 1 atom stereocenters. The van der Waals surface area contributed by atoms with Crippen molar-refractivity contribution in [2.45, 2.75) is 20.3 Å². The number of hydrogen-bond acceptors (Lipinski definition) is 2. The lowest BCUT2D eigenvalue weighted by atomic mass is 10.1. The first kappa shape index (κ1) is 9.97. The number of rotatable bonds is 3. The maximum absolute atomic E-state index is 3.51. The normalized spacial score (nSPS) is 21.4. The molecule has 0 aliphatic carbocycles. The molecular weight excluding hydrogens is 192 g/mol. The van der Waals surface area contributed by atoms with Gasteiger partial charge in [0.2, 0.25) is 0 Å². The quantitative estimate of drug-likeness (QED) is 0.825. The van der Waals surface area contributed by atoms with E-state index in [0.29, 0.717) is 0 Å². The molecule has 1 aromatic rings. The Bertz CT molecular complexity index is 281. The lowest BCUT2D eigenvalue weighted by Gasteiger charge is -2.15. The van der Waals surface area contributed by atoms with Gasteiger partial charge in [0.25, 0.3) is 0 Å². The number of hydrogen-bond donors (Lipinski definition) is 1. The van der Waals surface area contributed by atoms with E-state index in [4.69, 9.17) is 0 Å². The first-order valence-corrected chi connectivity index (χ1v) is 6.39. The van der Waals surface area contributed by atoms with Crippen molar-refractivity contribution in [1.82, 2.24) is 4.68 Å². The highest BCUT2D eigenvalue weighted by Crippen LogP contribution is 2.22. The van der Waals surface area contributed by atoms with E-state index < -0.39 is 0 Å². The second-order valence-corrected chi connectivity index (χ2v) is 5.19. The number of thioether (sulfide) groups is 1. The molecule has 1 aromatic heterocycles. The Kier molecular flexibility index (Phi) is 3.06. The Hall–Kier alpha value is -0.570. The molecule has 2 heterocycles. The van der Waals surface area contributed by atoms with E-state index in [2.05, 4.69) is 47.8 Å². The molecule has 0 aromatic carbocycles. The van der Waals surface area contributed by atoms with Crippen LogP contribution in [-0.2, 0) is 0 Å². The van der Waals surface area contributed by atoms with E-state index in [1.165, 1.54) is 29.3 Å². The van der Waals surface area contributed by atoms with Crippen molar-refractivity contribution in [3.63, 3.8) is 0 Å². The molecule has 0 radical (unpaired) electrons. The van der Waals surface area contributed by atoms with Gasteiger partial charge in [-0.25, -0.2) is 0 Å². The predicted molar refractivity (Wildman–Crippen MR) is 63.6 cm³/mol. The summed E-state index contributed by atoms with van der Waals surface area (Å²) in [6.45, 7) is 5.40. The second-order valence-electron chi connectivity index (χ2n) is 4.04. The Morgan fingerprint density at radius 3 is 2.71 bits per heavy atom. The molecule has 1 saturated heterocycles. The van der Waals surface area contributed by atoms with Crippen molar-refractivity contribution in [2.75, 3.05) is 23.5 Å². The zero-order valence-electron chi connectivity index (χ0n) is 8.92.